The average molecular weight is 452 g/mol. The van der Waals surface area contributed by atoms with Gasteiger partial charge < -0.3 is 19.9 Å². The third-order valence-corrected chi connectivity index (χ3v) is 4.78. The fourth-order valence-corrected chi connectivity index (χ4v) is 3.19. The Morgan fingerprint density at radius 3 is 2.47 bits per heavy atom. The van der Waals surface area contributed by atoms with E-state index in [0.29, 0.717) is 35.3 Å². The van der Waals surface area contributed by atoms with Crippen LogP contribution in [0.25, 0.3) is 0 Å². The molecule has 32 heavy (non-hydrogen) atoms. The number of phenols is 1. The van der Waals surface area contributed by atoms with Crippen LogP contribution in [0.15, 0.2) is 54.6 Å². The van der Waals surface area contributed by atoms with E-state index in [0.717, 1.165) is 11.1 Å². The first-order valence-corrected chi connectivity index (χ1v) is 10.6. The first kappa shape index (κ1) is 23.1. The molecule has 0 aliphatic rings. The van der Waals surface area contributed by atoms with Gasteiger partial charge in [-0.1, -0.05) is 42.5 Å². The minimum atomic E-state index is -0.424. The number of aryl methyl sites for hydroxylation is 1. The van der Waals surface area contributed by atoms with Gasteiger partial charge >= 0.3 is 0 Å². The van der Waals surface area contributed by atoms with Crippen molar-refractivity contribution in [1.29, 1.82) is 0 Å². The monoisotopic (exact) mass is 451 g/mol. The van der Waals surface area contributed by atoms with Crippen molar-refractivity contribution in [1.82, 2.24) is 15.3 Å². The maximum absolute atomic E-state index is 13.0. The van der Waals surface area contributed by atoms with Gasteiger partial charge in [-0.05, 0) is 49.3 Å². The molecule has 2 aromatic carbocycles. The summed E-state index contributed by atoms with van der Waals surface area (Å²) in [7, 11) is 0. The van der Waals surface area contributed by atoms with Gasteiger partial charge in [-0.15, -0.1) is 0 Å². The number of phenolic OH excluding ortho intramolecular Hbond substituents is 1. The number of carbonyl (C=O) groups excluding carboxylic acids is 1. The fourth-order valence-electron chi connectivity index (χ4n) is 3.00. The van der Waals surface area contributed by atoms with Gasteiger partial charge in [-0.25, -0.2) is 9.97 Å². The topological polar surface area (TPSA) is 93.6 Å². The van der Waals surface area contributed by atoms with E-state index in [4.69, 9.17) is 21.7 Å². The molecule has 0 bridgehead atoms. The van der Waals surface area contributed by atoms with Crippen LogP contribution in [-0.4, -0.2) is 39.2 Å². The third kappa shape index (κ3) is 6.49. The molecule has 3 rings (SSSR count). The SMILES string of the molecule is CCOC(=S)CNC(=O)c1nc(Cc2ccc(O)cc2)nc(C)c1OCc1ccccc1. The molecule has 1 heterocycles. The molecule has 1 amide bonds. The van der Waals surface area contributed by atoms with Crippen LogP contribution in [-0.2, 0) is 17.8 Å². The van der Waals surface area contributed by atoms with Gasteiger partial charge in [0.05, 0.1) is 18.8 Å². The van der Waals surface area contributed by atoms with Crippen molar-refractivity contribution in [2.45, 2.75) is 26.9 Å². The van der Waals surface area contributed by atoms with Crippen molar-refractivity contribution >= 4 is 23.2 Å². The molecule has 0 fully saturated rings. The van der Waals surface area contributed by atoms with Crippen LogP contribution >= 0.6 is 12.2 Å². The molecule has 0 aliphatic carbocycles. The minimum absolute atomic E-state index is 0.0937. The largest absolute Gasteiger partial charge is 0.508 e. The van der Waals surface area contributed by atoms with E-state index < -0.39 is 5.91 Å². The molecule has 1 aromatic heterocycles. The maximum Gasteiger partial charge on any atom is 0.274 e. The Labute approximate surface area is 192 Å². The van der Waals surface area contributed by atoms with Crippen LogP contribution in [0.3, 0.4) is 0 Å². The van der Waals surface area contributed by atoms with Crippen molar-refractivity contribution in [2.75, 3.05) is 13.2 Å². The number of carbonyl (C=O) groups is 1. The number of nitrogens with one attached hydrogen (secondary N) is 1. The Hall–Kier alpha value is -3.52. The number of thiocarbonyl (C=S) groups is 1. The molecule has 166 valence electrons. The number of aromatic nitrogens is 2. The quantitative estimate of drug-likeness (QED) is 0.479. The van der Waals surface area contributed by atoms with Gasteiger partial charge in [0.25, 0.3) is 5.91 Å². The third-order valence-electron chi connectivity index (χ3n) is 4.52. The summed E-state index contributed by atoms with van der Waals surface area (Å²) in [5.41, 5.74) is 2.57. The van der Waals surface area contributed by atoms with Gasteiger partial charge in [-0.2, -0.15) is 0 Å². The molecule has 2 N–H and O–H groups in total. The van der Waals surface area contributed by atoms with Crippen LogP contribution in [0.5, 0.6) is 11.5 Å². The molecule has 0 saturated heterocycles. The lowest BCUT2D eigenvalue weighted by Gasteiger charge is -2.15. The summed E-state index contributed by atoms with van der Waals surface area (Å²) < 4.78 is 11.2. The van der Waals surface area contributed by atoms with E-state index >= 15 is 0 Å². The lowest BCUT2D eigenvalue weighted by Crippen LogP contribution is -2.31. The first-order valence-electron chi connectivity index (χ1n) is 10.2. The van der Waals surface area contributed by atoms with Crippen LogP contribution in [0.4, 0.5) is 0 Å². The number of hydrogen-bond acceptors (Lipinski definition) is 7. The van der Waals surface area contributed by atoms with Crippen molar-refractivity contribution in [3.05, 3.63) is 82.9 Å². The number of amides is 1. The van der Waals surface area contributed by atoms with Gasteiger partial charge in [0, 0.05) is 6.42 Å². The molecule has 8 heteroatoms. The molecule has 3 aromatic rings. The average Bonchev–Trinajstić information content (AvgIpc) is 2.79. The minimum Gasteiger partial charge on any atom is -0.508 e. The molecular formula is C24H25N3O4S. The summed E-state index contributed by atoms with van der Waals surface area (Å²) >= 11 is 5.10. The van der Waals surface area contributed by atoms with Gasteiger partial charge in [0.2, 0.25) is 0 Å². The molecule has 0 unspecified atom stereocenters. The number of nitrogens with zero attached hydrogens (tertiary/aromatic N) is 2. The van der Waals surface area contributed by atoms with Crippen LogP contribution in [0.2, 0.25) is 0 Å². The van der Waals surface area contributed by atoms with E-state index in [9.17, 15) is 9.90 Å². The van der Waals surface area contributed by atoms with E-state index in [1.165, 1.54) is 0 Å². The highest BCUT2D eigenvalue weighted by atomic mass is 32.1. The summed E-state index contributed by atoms with van der Waals surface area (Å²) in [4.78, 5) is 22.0. The highest BCUT2D eigenvalue weighted by Gasteiger charge is 2.20. The summed E-state index contributed by atoms with van der Waals surface area (Å²) in [6.45, 7) is 4.41. The Kier molecular flexibility index (Phi) is 8.10. The number of aromatic hydroxyl groups is 1. The Morgan fingerprint density at radius 2 is 1.78 bits per heavy atom. The molecule has 0 saturated carbocycles. The zero-order valence-electron chi connectivity index (χ0n) is 18.0. The summed E-state index contributed by atoms with van der Waals surface area (Å²) in [5.74, 6) is 0.550. The van der Waals surface area contributed by atoms with Crippen molar-refractivity contribution in [3.8, 4) is 11.5 Å². The lowest BCUT2D eigenvalue weighted by atomic mass is 10.1. The summed E-state index contributed by atoms with van der Waals surface area (Å²) in [5, 5.41) is 12.5. The molecular weight excluding hydrogens is 426 g/mol. The first-order chi connectivity index (χ1) is 15.5. The van der Waals surface area contributed by atoms with Crippen molar-refractivity contribution < 1.29 is 19.4 Å². The number of benzene rings is 2. The Balaban J connectivity index is 1.86. The van der Waals surface area contributed by atoms with Gasteiger partial charge in [-0.3, -0.25) is 4.79 Å². The summed E-state index contributed by atoms with van der Waals surface area (Å²) in [6, 6.07) is 16.4. The smallest absolute Gasteiger partial charge is 0.274 e. The number of rotatable bonds is 9. The second-order valence-electron chi connectivity index (χ2n) is 7.01. The van der Waals surface area contributed by atoms with Gasteiger partial charge in [0.1, 0.15) is 18.2 Å². The normalized spacial score (nSPS) is 10.4. The van der Waals surface area contributed by atoms with E-state index in [-0.39, 0.29) is 24.6 Å². The lowest BCUT2D eigenvalue weighted by molar-refractivity contribution is 0.0946. The molecule has 7 nitrogen and oxygen atoms in total. The standard InChI is InChI=1S/C24H25N3O4S/c1-3-30-21(32)14-25-24(29)22-23(31-15-18-7-5-4-6-8-18)16(2)26-20(27-22)13-17-9-11-19(28)12-10-17/h4-12,28H,3,13-15H2,1-2H3,(H,25,29). The predicted octanol–water partition coefficient (Wildman–Crippen LogP) is 3.75. The second-order valence-corrected chi connectivity index (χ2v) is 7.46. The summed E-state index contributed by atoms with van der Waals surface area (Å²) in [6.07, 6.45) is 0.401. The zero-order chi connectivity index (χ0) is 22.9. The van der Waals surface area contributed by atoms with E-state index in [1.807, 2.05) is 37.3 Å². The van der Waals surface area contributed by atoms with Crippen molar-refractivity contribution in [3.63, 3.8) is 0 Å². The van der Waals surface area contributed by atoms with Crippen LogP contribution in [0.1, 0.15) is 40.1 Å². The van der Waals surface area contributed by atoms with Gasteiger partial charge in [0.15, 0.2) is 16.5 Å². The van der Waals surface area contributed by atoms with Crippen molar-refractivity contribution in [2.24, 2.45) is 0 Å². The van der Waals surface area contributed by atoms with E-state index in [1.54, 1.807) is 31.2 Å². The molecule has 0 aliphatic heterocycles. The molecule has 0 spiro atoms. The zero-order valence-corrected chi connectivity index (χ0v) is 18.8. The van der Waals surface area contributed by atoms with Crippen LogP contribution < -0.4 is 10.1 Å². The predicted molar refractivity (Wildman–Crippen MR) is 125 cm³/mol. The Bertz CT molecular complexity index is 1070. The Morgan fingerprint density at radius 1 is 1.06 bits per heavy atom. The number of ether oxygens (including phenoxy) is 2. The maximum atomic E-state index is 13.0. The number of hydrogen-bond donors (Lipinski definition) is 2. The second kappa shape index (κ2) is 11.2. The van der Waals surface area contributed by atoms with Crippen LogP contribution in [0, 0.1) is 6.92 Å². The molecule has 0 radical (unpaired) electrons. The van der Waals surface area contributed by atoms with E-state index in [2.05, 4.69) is 15.3 Å². The molecule has 0 atom stereocenters. The highest BCUT2D eigenvalue weighted by Crippen LogP contribution is 2.23. The fraction of sp³-hybridized carbons (Fsp3) is 0.250. The highest BCUT2D eigenvalue weighted by molar-refractivity contribution is 7.80.